The molecule has 2 aromatic carbocycles. The number of anilines is 1. The summed E-state index contributed by atoms with van der Waals surface area (Å²) in [5, 5.41) is 3.34. The van der Waals surface area contributed by atoms with Gasteiger partial charge in [0.05, 0.1) is 10.8 Å². The zero-order chi connectivity index (χ0) is 18.7. The van der Waals surface area contributed by atoms with Crippen LogP contribution in [0.4, 0.5) is 5.69 Å². The van der Waals surface area contributed by atoms with E-state index in [-0.39, 0.29) is 23.3 Å². The third-order valence-electron chi connectivity index (χ3n) is 4.30. The number of halogens is 2. The monoisotopic (exact) mass is 456 g/mol. The summed E-state index contributed by atoms with van der Waals surface area (Å²) in [5.41, 5.74) is 0.682. The number of nitrogens with one attached hydrogen (secondary N) is 1. The maximum Gasteiger partial charge on any atom is 0.243 e. The number of rotatable bonds is 4. The van der Waals surface area contributed by atoms with Gasteiger partial charge in [0, 0.05) is 28.3 Å². The Morgan fingerprint density at radius 3 is 2.62 bits per heavy atom. The Hall–Kier alpha value is -1.41. The molecule has 0 aromatic heterocycles. The Morgan fingerprint density at radius 2 is 1.92 bits per heavy atom. The van der Waals surface area contributed by atoms with Gasteiger partial charge in [-0.15, -0.1) is 0 Å². The molecule has 1 fully saturated rings. The van der Waals surface area contributed by atoms with Crippen LogP contribution >= 0.6 is 27.5 Å². The van der Waals surface area contributed by atoms with Gasteiger partial charge < -0.3 is 5.32 Å². The number of benzene rings is 2. The van der Waals surface area contributed by atoms with Crippen LogP contribution in [0.3, 0.4) is 0 Å². The quantitative estimate of drug-likeness (QED) is 0.750. The smallest absolute Gasteiger partial charge is 0.243 e. The molecular weight excluding hydrogens is 440 g/mol. The van der Waals surface area contributed by atoms with Gasteiger partial charge in [-0.2, -0.15) is 4.31 Å². The highest BCUT2D eigenvalue weighted by atomic mass is 79.9. The molecule has 5 nitrogen and oxygen atoms in total. The fourth-order valence-electron chi connectivity index (χ4n) is 2.94. The average Bonchev–Trinajstić information content (AvgIpc) is 2.62. The van der Waals surface area contributed by atoms with E-state index in [2.05, 4.69) is 21.2 Å². The predicted molar refractivity (Wildman–Crippen MR) is 106 cm³/mol. The maximum atomic E-state index is 12.8. The lowest BCUT2D eigenvalue weighted by atomic mass is 9.99. The summed E-state index contributed by atoms with van der Waals surface area (Å²) < 4.78 is 27.9. The molecule has 1 atom stereocenters. The van der Waals surface area contributed by atoms with Crippen molar-refractivity contribution >= 4 is 49.1 Å². The molecule has 8 heteroatoms. The maximum absolute atomic E-state index is 12.8. The van der Waals surface area contributed by atoms with Crippen molar-refractivity contribution in [1.82, 2.24) is 4.31 Å². The second-order valence-corrected chi connectivity index (χ2v) is 9.45. The van der Waals surface area contributed by atoms with Crippen LogP contribution in [-0.2, 0) is 14.8 Å². The van der Waals surface area contributed by atoms with E-state index in [4.69, 9.17) is 11.6 Å². The SMILES string of the molecule is O=C(Nc1cccc(Br)c1)[C@@H]1CCCN(S(=O)(=O)c2ccc(Cl)cc2)C1. The van der Waals surface area contributed by atoms with E-state index in [0.717, 1.165) is 4.47 Å². The van der Waals surface area contributed by atoms with Crippen molar-refractivity contribution < 1.29 is 13.2 Å². The van der Waals surface area contributed by atoms with E-state index in [1.54, 1.807) is 18.2 Å². The topological polar surface area (TPSA) is 66.5 Å². The van der Waals surface area contributed by atoms with E-state index >= 15 is 0 Å². The lowest BCUT2D eigenvalue weighted by molar-refractivity contribution is -0.120. The van der Waals surface area contributed by atoms with Crippen molar-refractivity contribution in [3.63, 3.8) is 0 Å². The number of hydrogen-bond acceptors (Lipinski definition) is 3. The number of piperidine rings is 1. The molecule has 1 saturated heterocycles. The van der Waals surface area contributed by atoms with Gasteiger partial charge in [0.25, 0.3) is 0 Å². The molecule has 26 heavy (non-hydrogen) atoms. The first-order chi connectivity index (χ1) is 12.4. The molecule has 0 unspecified atom stereocenters. The first-order valence-electron chi connectivity index (χ1n) is 8.18. The second kappa shape index (κ2) is 8.08. The summed E-state index contributed by atoms with van der Waals surface area (Å²) >= 11 is 9.20. The van der Waals surface area contributed by atoms with Crippen LogP contribution < -0.4 is 5.32 Å². The summed E-state index contributed by atoms with van der Waals surface area (Å²) in [6, 6.07) is 13.4. The Bertz CT molecular complexity index is 903. The third kappa shape index (κ3) is 4.46. The van der Waals surface area contributed by atoms with Gasteiger partial charge in [-0.05, 0) is 55.3 Å². The van der Waals surface area contributed by atoms with Gasteiger partial charge in [0.1, 0.15) is 0 Å². The molecule has 0 aliphatic carbocycles. The molecule has 0 spiro atoms. The molecular formula is C18H18BrClN2O3S. The first kappa shape index (κ1) is 19.4. The molecule has 1 aliphatic rings. The molecule has 1 heterocycles. The summed E-state index contributed by atoms with van der Waals surface area (Å²) in [4.78, 5) is 12.8. The minimum Gasteiger partial charge on any atom is -0.326 e. The van der Waals surface area contributed by atoms with Crippen LogP contribution in [0.5, 0.6) is 0 Å². The summed E-state index contributed by atoms with van der Waals surface area (Å²) in [5.74, 6) is -0.552. The van der Waals surface area contributed by atoms with Gasteiger partial charge in [-0.1, -0.05) is 33.6 Å². The zero-order valence-electron chi connectivity index (χ0n) is 13.9. The van der Waals surface area contributed by atoms with Crippen molar-refractivity contribution in [3.05, 3.63) is 58.0 Å². The Kier molecular flexibility index (Phi) is 6.02. The van der Waals surface area contributed by atoms with E-state index < -0.39 is 10.0 Å². The molecule has 2 aromatic rings. The van der Waals surface area contributed by atoms with Gasteiger partial charge in [-0.25, -0.2) is 8.42 Å². The Labute approximate surface area is 166 Å². The van der Waals surface area contributed by atoms with Crippen LogP contribution in [0.25, 0.3) is 0 Å². The molecule has 1 amide bonds. The molecule has 138 valence electrons. The minimum absolute atomic E-state index is 0.167. The van der Waals surface area contributed by atoms with Gasteiger partial charge in [-0.3, -0.25) is 4.79 Å². The fourth-order valence-corrected chi connectivity index (χ4v) is 4.99. The molecule has 0 bridgehead atoms. The number of hydrogen-bond donors (Lipinski definition) is 1. The van der Waals surface area contributed by atoms with Crippen molar-refractivity contribution in [2.24, 2.45) is 5.92 Å². The van der Waals surface area contributed by atoms with Gasteiger partial charge in [0.15, 0.2) is 0 Å². The van der Waals surface area contributed by atoms with Crippen molar-refractivity contribution in [3.8, 4) is 0 Å². The van der Waals surface area contributed by atoms with E-state index in [1.807, 2.05) is 18.2 Å². The Balaban J connectivity index is 1.72. The van der Waals surface area contributed by atoms with Crippen molar-refractivity contribution in [2.45, 2.75) is 17.7 Å². The Morgan fingerprint density at radius 1 is 1.19 bits per heavy atom. The van der Waals surface area contributed by atoms with E-state index in [1.165, 1.54) is 16.4 Å². The van der Waals surface area contributed by atoms with Crippen LogP contribution in [0.1, 0.15) is 12.8 Å². The standard InChI is InChI=1S/C18H18BrClN2O3S/c19-14-4-1-5-16(11-14)21-18(23)13-3-2-10-22(12-13)26(24,25)17-8-6-15(20)7-9-17/h1,4-9,11,13H,2-3,10,12H2,(H,21,23)/t13-/m1/s1. The van der Waals surface area contributed by atoms with Crippen molar-refractivity contribution in [2.75, 3.05) is 18.4 Å². The highest BCUT2D eigenvalue weighted by molar-refractivity contribution is 9.10. The minimum atomic E-state index is -3.64. The van der Waals surface area contributed by atoms with Crippen molar-refractivity contribution in [1.29, 1.82) is 0 Å². The highest BCUT2D eigenvalue weighted by Gasteiger charge is 2.33. The highest BCUT2D eigenvalue weighted by Crippen LogP contribution is 2.26. The summed E-state index contributed by atoms with van der Waals surface area (Å²) in [7, 11) is -3.64. The molecule has 1 aliphatic heterocycles. The second-order valence-electron chi connectivity index (χ2n) is 6.16. The first-order valence-corrected chi connectivity index (χ1v) is 10.8. The molecule has 0 radical (unpaired) electrons. The van der Waals surface area contributed by atoms with Crippen LogP contribution in [0, 0.1) is 5.92 Å². The largest absolute Gasteiger partial charge is 0.326 e. The normalized spacial score (nSPS) is 18.5. The summed E-state index contributed by atoms with van der Waals surface area (Å²) in [6.45, 7) is 0.580. The van der Waals surface area contributed by atoms with E-state index in [0.29, 0.717) is 30.1 Å². The zero-order valence-corrected chi connectivity index (χ0v) is 17.0. The number of carbonyl (C=O) groups is 1. The van der Waals surface area contributed by atoms with Gasteiger partial charge >= 0.3 is 0 Å². The third-order valence-corrected chi connectivity index (χ3v) is 6.92. The summed E-state index contributed by atoms with van der Waals surface area (Å²) in [6.07, 6.45) is 1.30. The number of carbonyl (C=O) groups excluding carboxylic acids is 1. The molecule has 3 rings (SSSR count). The number of nitrogens with zero attached hydrogens (tertiary/aromatic N) is 1. The van der Waals surface area contributed by atoms with Crippen LogP contribution in [0.15, 0.2) is 57.9 Å². The predicted octanol–water partition coefficient (Wildman–Crippen LogP) is 4.14. The lowest BCUT2D eigenvalue weighted by Crippen LogP contribution is -2.43. The molecule has 0 saturated carbocycles. The van der Waals surface area contributed by atoms with Crippen LogP contribution in [0.2, 0.25) is 5.02 Å². The number of sulfonamides is 1. The van der Waals surface area contributed by atoms with Gasteiger partial charge in [0.2, 0.25) is 15.9 Å². The average molecular weight is 458 g/mol. The lowest BCUT2D eigenvalue weighted by Gasteiger charge is -2.31. The van der Waals surface area contributed by atoms with E-state index in [9.17, 15) is 13.2 Å². The fraction of sp³-hybridized carbons (Fsp3) is 0.278. The number of amides is 1. The van der Waals surface area contributed by atoms with Crippen LogP contribution in [-0.4, -0.2) is 31.7 Å². The molecule has 1 N–H and O–H groups in total.